The highest BCUT2D eigenvalue weighted by Crippen LogP contribution is 2.27. The maximum atomic E-state index is 12.0. The Morgan fingerprint density at radius 1 is 1.21 bits per heavy atom. The molecular formula is C16H14N2O5S. The Morgan fingerprint density at radius 3 is 2.62 bits per heavy atom. The average Bonchev–Trinajstić information content (AvgIpc) is 3.05. The number of hydrogen-bond acceptors (Lipinski definition) is 7. The minimum atomic E-state index is -0.669. The lowest BCUT2D eigenvalue weighted by Gasteiger charge is -2.09. The second kappa shape index (κ2) is 7.99. The summed E-state index contributed by atoms with van der Waals surface area (Å²) in [6.07, 6.45) is 0. The molecule has 0 spiro atoms. The van der Waals surface area contributed by atoms with Crippen LogP contribution in [0.1, 0.15) is 15.9 Å². The minimum Gasteiger partial charge on any atom is -0.493 e. The van der Waals surface area contributed by atoms with E-state index in [0.29, 0.717) is 22.1 Å². The SMILES string of the molecule is COc1ccc(C(=O)OCC(=O)Nc2sccc2C#N)cc1OC. The Morgan fingerprint density at radius 2 is 1.96 bits per heavy atom. The van der Waals surface area contributed by atoms with Crippen molar-refractivity contribution >= 4 is 28.2 Å². The standard InChI is InChI=1S/C16H14N2O5S/c1-21-12-4-3-10(7-13(12)22-2)16(20)23-9-14(19)18-15-11(8-17)5-6-24-15/h3-7H,9H2,1-2H3,(H,18,19). The van der Waals surface area contributed by atoms with Crippen molar-refractivity contribution in [2.45, 2.75) is 0 Å². The van der Waals surface area contributed by atoms with Gasteiger partial charge in [-0.3, -0.25) is 4.79 Å². The number of rotatable bonds is 6. The molecule has 0 saturated heterocycles. The van der Waals surface area contributed by atoms with E-state index in [0.717, 1.165) is 0 Å². The van der Waals surface area contributed by atoms with Crippen LogP contribution >= 0.6 is 11.3 Å². The summed E-state index contributed by atoms with van der Waals surface area (Å²) in [6, 6.07) is 8.09. The molecule has 1 aromatic carbocycles. The molecule has 1 aromatic heterocycles. The summed E-state index contributed by atoms with van der Waals surface area (Å²) >= 11 is 1.22. The number of benzene rings is 1. The first-order valence-electron chi connectivity index (χ1n) is 6.75. The van der Waals surface area contributed by atoms with E-state index in [2.05, 4.69) is 5.32 Å². The van der Waals surface area contributed by atoms with Crippen molar-refractivity contribution in [2.75, 3.05) is 26.1 Å². The fourth-order valence-electron chi connectivity index (χ4n) is 1.83. The quantitative estimate of drug-likeness (QED) is 0.807. The summed E-state index contributed by atoms with van der Waals surface area (Å²) < 4.78 is 15.1. The number of amides is 1. The van der Waals surface area contributed by atoms with E-state index in [4.69, 9.17) is 19.5 Å². The lowest BCUT2D eigenvalue weighted by molar-refractivity contribution is -0.119. The molecular weight excluding hydrogens is 332 g/mol. The fourth-order valence-corrected chi connectivity index (χ4v) is 2.59. The zero-order valence-electron chi connectivity index (χ0n) is 13.0. The lowest BCUT2D eigenvalue weighted by atomic mass is 10.2. The van der Waals surface area contributed by atoms with Crippen LogP contribution in [-0.2, 0) is 9.53 Å². The van der Waals surface area contributed by atoms with E-state index in [1.807, 2.05) is 6.07 Å². The zero-order valence-corrected chi connectivity index (χ0v) is 13.8. The van der Waals surface area contributed by atoms with Crippen molar-refractivity contribution in [2.24, 2.45) is 0 Å². The third-order valence-electron chi connectivity index (χ3n) is 2.99. The molecule has 1 N–H and O–H groups in total. The minimum absolute atomic E-state index is 0.231. The summed E-state index contributed by atoms with van der Waals surface area (Å²) in [5.74, 6) is -0.331. The Labute approximate surface area is 142 Å². The number of thiophene rings is 1. The van der Waals surface area contributed by atoms with Gasteiger partial charge in [0.25, 0.3) is 5.91 Å². The Balaban J connectivity index is 1.95. The highest BCUT2D eigenvalue weighted by molar-refractivity contribution is 7.14. The first kappa shape index (κ1) is 17.3. The molecule has 0 aliphatic carbocycles. The smallest absolute Gasteiger partial charge is 0.338 e. The predicted octanol–water partition coefficient (Wildman–Crippen LogP) is 2.43. The topological polar surface area (TPSA) is 97.6 Å². The van der Waals surface area contributed by atoms with E-state index in [1.165, 1.54) is 37.7 Å². The van der Waals surface area contributed by atoms with Gasteiger partial charge >= 0.3 is 5.97 Å². The van der Waals surface area contributed by atoms with Gasteiger partial charge in [-0.15, -0.1) is 11.3 Å². The highest BCUT2D eigenvalue weighted by atomic mass is 32.1. The van der Waals surface area contributed by atoms with Crippen LogP contribution in [0, 0.1) is 11.3 Å². The van der Waals surface area contributed by atoms with Gasteiger partial charge in [-0.2, -0.15) is 5.26 Å². The molecule has 0 saturated carbocycles. The molecule has 1 heterocycles. The zero-order chi connectivity index (χ0) is 17.5. The van der Waals surface area contributed by atoms with E-state index in [1.54, 1.807) is 17.5 Å². The van der Waals surface area contributed by atoms with Crippen molar-refractivity contribution in [3.05, 3.63) is 40.8 Å². The van der Waals surface area contributed by atoms with Crippen LogP contribution < -0.4 is 14.8 Å². The summed E-state index contributed by atoms with van der Waals surface area (Å²) in [5.41, 5.74) is 0.592. The molecule has 0 unspecified atom stereocenters. The molecule has 0 fully saturated rings. The number of anilines is 1. The van der Waals surface area contributed by atoms with E-state index in [-0.39, 0.29) is 5.56 Å². The average molecular weight is 346 g/mol. The third kappa shape index (κ3) is 4.02. The van der Waals surface area contributed by atoms with Gasteiger partial charge in [0.2, 0.25) is 0 Å². The largest absolute Gasteiger partial charge is 0.493 e. The first-order valence-corrected chi connectivity index (χ1v) is 7.63. The number of nitrogens with zero attached hydrogens (tertiary/aromatic N) is 1. The molecule has 0 aliphatic heterocycles. The summed E-state index contributed by atoms with van der Waals surface area (Å²) in [4.78, 5) is 23.8. The highest BCUT2D eigenvalue weighted by Gasteiger charge is 2.14. The van der Waals surface area contributed by atoms with Gasteiger partial charge in [-0.1, -0.05) is 0 Å². The molecule has 0 radical (unpaired) electrons. The van der Waals surface area contributed by atoms with Crippen molar-refractivity contribution in [3.8, 4) is 17.6 Å². The van der Waals surface area contributed by atoms with E-state index >= 15 is 0 Å². The molecule has 1 amide bonds. The number of nitriles is 1. The van der Waals surface area contributed by atoms with Gasteiger partial charge in [-0.05, 0) is 29.6 Å². The van der Waals surface area contributed by atoms with Crippen LogP contribution in [0.3, 0.4) is 0 Å². The molecule has 7 nitrogen and oxygen atoms in total. The molecule has 0 atom stereocenters. The molecule has 2 aromatic rings. The molecule has 8 heteroatoms. The van der Waals surface area contributed by atoms with Crippen LogP contribution in [0.2, 0.25) is 0 Å². The maximum Gasteiger partial charge on any atom is 0.338 e. The van der Waals surface area contributed by atoms with Crippen LogP contribution in [0.5, 0.6) is 11.5 Å². The van der Waals surface area contributed by atoms with Crippen molar-refractivity contribution in [1.29, 1.82) is 5.26 Å². The second-order valence-corrected chi connectivity index (χ2v) is 5.39. The Hall–Kier alpha value is -3.05. The first-order chi connectivity index (χ1) is 11.6. The third-order valence-corrected chi connectivity index (χ3v) is 3.82. The van der Waals surface area contributed by atoms with Gasteiger partial charge < -0.3 is 19.5 Å². The molecule has 0 bridgehead atoms. The maximum absolute atomic E-state index is 12.0. The molecule has 2 rings (SSSR count). The van der Waals surface area contributed by atoms with Gasteiger partial charge in [0, 0.05) is 0 Å². The van der Waals surface area contributed by atoms with Crippen molar-refractivity contribution in [1.82, 2.24) is 0 Å². The van der Waals surface area contributed by atoms with Crippen LogP contribution in [0.4, 0.5) is 5.00 Å². The number of esters is 1. The Kier molecular flexibility index (Phi) is 5.76. The summed E-state index contributed by atoms with van der Waals surface area (Å²) in [7, 11) is 2.94. The van der Waals surface area contributed by atoms with Crippen molar-refractivity contribution < 1.29 is 23.8 Å². The molecule has 24 heavy (non-hydrogen) atoms. The number of carbonyl (C=O) groups excluding carboxylic acids is 2. The van der Waals surface area contributed by atoms with Gasteiger partial charge in [0.1, 0.15) is 11.1 Å². The summed E-state index contributed by atoms with van der Waals surface area (Å²) in [6.45, 7) is -0.462. The number of nitrogens with one attached hydrogen (secondary N) is 1. The monoisotopic (exact) mass is 346 g/mol. The Bertz CT molecular complexity index is 794. The normalized spacial score (nSPS) is 9.71. The number of carbonyl (C=O) groups is 2. The second-order valence-electron chi connectivity index (χ2n) is 4.47. The fraction of sp³-hybridized carbons (Fsp3) is 0.188. The number of methoxy groups -OCH3 is 2. The van der Waals surface area contributed by atoms with Gasteiger partial charge in [0.15, 0.2) is 18.1 Å². The van der Waals surface area contributed by atoms with E-state index in [9.17, 15) is 9.59 Å². The van der Waals surface area contributed by atoms with E-state index < -0.39 is 18.5 Å². The van der Waals surface area contributed by atoms with Crippen LogP contribution in [0.25, 0.3) is 0 Å². The number of ether oxygens (including phenoxy) is 3. The summed E-state index contributed by atoms with van der Waals surface area (Å²) in [5, 5.41) is 13.5. The molecule has 0 aliphatic rings. The van der Waals surface area contributed by atoms with Crippen LogP contribution in [-0.4, -0.2) is 32.7 Å². The predicted molar refractivity (Wildman–Crippen MR) is 87.5 cm³/mol. The van der Waals surface area contributed by atoms with Gasteiger partial charge in [0.05, 0.1) is 25.3 Å². The van der Waals surface area contributed by atoms with Crippen LogP contribution in [0.15, 0.2) is 29.6 Å². The van der Waals surface area contributed by atoms with Crippen molar-refractivity contribution in [3.63, 3.8) is 0 Å². The lowest BCUT2D eigenvalue weighted by Crippen LogP contribution is -2.20. The van der Waals surface area contributed by atoms with Gasteiger partial charge in [-0.25, -0.2) is 4.79 Å². The molecule has 124 valence electrons. The number of hydrogen-bond donors (Lipinski definition) is 1.